The number of carbonyl (C=O) groups excluding carboxylic acids is 2. The monoisotopic (exact) mass is 356 g/mol. The second kappa shape index (κ2) is 6.88. The molecule has 1 unspecified atom stereocenters. The molecule has 130 valence electrons. The Balaban J connectivity index is 1.44. The van der Waals surface area contributed by atoms with Gasteiger partial charge in [-0.3, -0.25) is 9.59 Å². The van der Waals surface area contributed by atoms with Gasteiger partial charge in [0.05, 0.1) is 11.7 Å². The molecule has 2 aromatic rings. The van der Waals surface area contributed by atoms with E-state index >= 15 is 0 Å². The summed E-state index contributed by atoms with van der Waals surface area (Å²) in [5, 5.41) is 2.06. The van der Waals surface area contributed by atoms with E-state index in [-0.39, 0.29) is 24.5 Å². The maximum Gasteiger partial charge on any atom is 0.265 e. The Bertz CT molecular complexity index is 775. The fourth-order valence-corrected chi connectivity index (χ4v) is 4.47. The van der Waals surface area contributed by atoms with E-state index in [9.17, 15) is 9.59 Å². The number of carbonyl (C=O) groups is 2. The first kappa shape index (κ1) is 16.1. The van der Waals surface area contributed by atoms with Crippen LogP contribution in [0.2, 0.25) is 0 Å². The number of amides is 2. The molecule has 0 radical (unpaired) electrons. The van der Waals surface area contributed by atoms with Gasteiger partial charge in [0.1, 0.15) is 5.75 Å². The Labute approximate surface area is 150 Å². The molecule has 5 nitrogen and oxygen atoms in total. The van der Waals surface area contributed by atoms with Crippen molar-refractivity contribution in [2.24, 2.45) is 0 Å². The van der Waals surface area contributed by atoms with E-state index in [0.29, 0.717) is 18.7 Å². The molecule has 1 aromatic heterocycles. The summed E-state index contributed by atoms with van der Waals surface area (Å²) in [6, 6.07) is 11.8. The third kappa shape index (κ3) is 3.14. The number of fused-ring (bicyclic) bond motifs is 1. The molecule has 1 fully saturated rings. The maximum atomic E-state index is 12.8. The summed E-state index contributed by atoms with van der Waals surface area (Å²) in [6.07, 6.45) is 2.39. The average Bonchev–Trinajstić information content (AvgIpc) is 3.31. The molecule has 0 saturated carbocycles. The Morgan fingerprint density at radius 3 is 2.96 bits per heavy atom. The van der Waals surface area contributed by atoms with Gasteiger partial charge in [-0.25, -0.2) is 0 Å². The van der Waals surface area contributed by atoms with Crippen LogP contribution >= 0.6 is 11.3 Å². The molecular weight excluding hydrogens is 336 g/mol. The normalized spacial score (nSPS) is 19.7. The molecule has 1 saturated heterocycles. The Hall–Kier alpha value is -2.34. The lowest BCUT2D eigenvalue weighted by Crippen LogP contribution is -2.41. The number of hydrogen-bond acceptors (Lipinski definition) is 4. The summed E-state index contributed by atoms with van der Waals surface area (Å²) in [5.41, 5.74) is 0.753. The molecule has 0 bridgehead atoms. The number of thiophene rings is 1. The van der Waals surface area contributed by atoms with Crippen molar-refractivity contribution in [2.45, 2.75) is 25.3 Å². The first-order chi connectivity index (χ1) is 12.2. The van der Waals surface area contributed by atoms with Gasteiger partial charge in [-0.2, -0.15) is 0 Å². The molecule has 3 heterocycles. The topological polar surface area (TPSA) is 49.9 Å². The summed E-state index contributed by atoms with van der Waals surface area (Å²) < 4.78 is 5.45. The standard InChI is InChI=1S/C19H20N2O3S/c22-18(20-10-3-6-15(20)17-8-4-12-25-17)9-11-21-14-5-1-2-7-16(14)24-13-19(21)23/h1-2,4-5,7-8,12,15H,3,6,9-11,13H2. The Morgan fingerprint density at radius 1 is 1.24 bits per heavy atom. The van der Waals surface area contributed by atoms with Crippen LogP contribution in [0.25, 0.3) is 0 Å². The molecule has 0 aliphatic carbocycles. The number of likely N-dealkylation sites (tertiary alicyclic amines) is 1. The largest absolute Gasteiger partial charge is 0.482 e. The molecule has 0 spiro atoms. The van der Waals surface area contributed by atoms with Gasteiger partial charge in [0.15, 0.2) is 6.61 Å². The van der Waals surface area contributed by atoms with Crippen molar-refractivity contribution >= 4 is 28.8 Å². The minimum absolute atomic E-state index is 0.0345. The lowest BCUT2D eigenvalue weighted by Gasteiger charge is -2.30. The predicted octanol–water partition coefficient (Wildman–Crippen LogP) is 3.23. The number of nitrogens with zero attached hydrogens (tertiary/aromatic N) is 2. The van der Waals surface area contributed by atoms with Crippen LogP contribution in [0.15, 0.2) is 41.8 Å². The van der Waals surface area contributed by atoms with Crippen LogP contribution in [0.5, 0.6) is 5.75 Å². The fraction of sp³-hybridized carbons (Fsp3) is 0.368. The van der Waals surface area contributed by atoms with Crippen LogP contribution in [0, 0.1) is 0 Å². The Morgan fingerprint density at radius 2 is 2.12 bits per heavy atom. The number of anilines is 1. The molecule has 6 heteroatoms. The number of ether oxygens (including phenoxy) is 1. The van der Waals surface area contributed by atoms with E-state index in [4.69, 9.17) is 4.74 Å². The summed E-state index contributed by atoms with van der Waals surface area (Å²) in [5.74, 6) is 0.725. The highest BCUT2D eigenvalue weighted by atomic mass is 32.1. The van der Waals surface area contributed by atoms with E-state index in [1.807, 2.05) is 35.2 Å². The van der Waals surface area contributed by atoms with Crippen LogP contribution in [0.4, 0.5) is 5.69 Å². The molecule has 4 rings (SSSR count). The van der Waals surface area contributed by atoms with Crippen molar-refractivity contribution in [3.63, 3.8) is 0 Å². The molecule has 2 aliphatic heterocycles. The summed E-state index contributed by atoms with van der Waals surface area (Å²) in [6.45, 7) is 1.23. The molecule has 2 amide bonds. The van der Waals surface area contributed by atoms with Crippen LogP contribution in [-0.2, 0) is 9.59 Å². The van der Waals surface area contributed by atoms with E-state index in [2.05, 4.69) is 11.4 Å². The van der Waals surface area contributed by atoms with Gasteiger partial charge in [-0.15, -0.1) is 11.3 Å². The average molecular weight is 356 g/mol. The van der Waals surface area contributed by atoms with E-state index < -0.39 is 0 Å². The zero-order valence-corrected chi connectivity index (χ0v) is 14.7. The van der Waals surface area contributed by atoms with Crippen molar-refractivity contribution in [3.05, 3.63) is 46.7 Å². The first-order valence-electron chi connectivity index (χ1n) is 8.59. The summed E-state index contributed by atoms with van der Waals surface area (Å²) >= 11 is 1.70. The molecule has 2 aliphatic rings. The van der Waals surface area contributed by atoms with Gasteiger partial charge < -0.3 is 14.5 Å². The smallest absolute Gasteiger partial charge is 0.265 e. The summed E-state index contributed by atoms with van der Waals surface area (Å²) in [4.78, 5) is 29.9. The molecule has 0 N–H and O–H groups in total. The molecule has 1 atom stereocenters. The van der Waals surface area contributed by atoms with Gasteiger partial charge in [0, 0.05) is 24.4 Å². The zero-order chi connectivity index (χ0) is 17.2. The van der Waals surface area contributed by atoms with Crippen molar-refractivity contribution < 1.29 is 14.3 Å². The SMILES string of the molecule is O=C1COc2ccccc2N1CCC(=O)N1CCCC1c1cccs1. The lowest BCUT2D eigenvalue weighted by atomic mass is 10.1. The van der Waals surface area contributed by atoms with E-state index in [1.165, 1.54) is 4.88 Å². The molecule has 1 aromatic carbocycles. The minimum Gasteiger partial charge on any atom is -0.482 e. The minimum atomic E-state index is -0.0947. The zero-order valence-electron chi connectivity index (χ0n) is 13.9. The highest BCUT2D eigenvalue weighted by Gasteiger charge is 2.32. The van der Waals surface area contributed by atoms with Crippen molar-refractivity contribution in [1.82, 2.24) is 4.90 Å². The van der Waals surface area contributed by atoms with Crippen LogP contribution in [-0.4, -0.2) is 36.4 Å². The van der Waals surface area contributed by atoms with Gasteiger partial charge in [0.2, 0.25) is 5.91 Å². The highest BCUT2D eigenvalue weighted by molar-refractivity contribution is 7.10. The number of benzene rings is 1. The van der Waals surface area contributed by atoms with Gasteiger partial charge in [0.25, 0.3) is 5.91 Å². The Kier molecular flexibility index (Phi) is 4.44. The fourth-order valence-electron chi connectivity index (χ4n) is 3.59. The van der Waals surface area contributed by atoms with Gasteiger partial charge in [-0.1, -0.05) is 18.2 Å². The van der Waals surface area contributed by atoms with Crippen LogP contribution in [0.3, 0.4) is 0 Å². The highest BCUT2D eigenvalue weighted by Crippen LogP contribution is 2.35. The third-order valence-electron chi connectivity index (χ3n) is 4.80. The number of rotatable bonds is 4. The van der Waals surface area contributed by atoms with Gasteiger partial charge >= 0.3 is 0 Å². The van der Waals surface area contributed by atoms with Crippen molar-refractivity contribution in [2.75, 3.05) is 24.6 Å². The second-order valence-corrected chi connectivity index (χ2v) is 7.29. The van der Waals surface area contributed by atoms with Crippen molar-refractivity contribution in [3.8, 4) is 5.75 Å². The first-order valence-corrected chi connectivity index (χ1v) is 9.47. The second-order valence-electron chi connectivity index (χ2n) is 6.31. The third-order valence-corrected chi connectivity index (χ3v) is 5.78. The van der Waals surface area contributed by atoms with Gasteiger partial charge in [-0.05, 0) is 36.4 Å². The van der Waals surface area contributed by atoms with E-state index in [1.54, 1.807) is 16.2 Å². The lowest BCUT2D eigenvalue weighted by molar-refractivity contribution is -0.132. The molecule has 25 heavy (non-hydrogen) atoms. The quantitative estimate of drug-likeness (QED) is 0.845. The maximum absolute atomic E-state index is 12.8. The number of hydrogen-bond donors (Lipinski definition) is 0. The number of para-hydroxylation sites is 2. The predicted molar refractivity (Wildman–Crippen MR) is 96.9 cm³/mol. The summed E-state index contributed by atoms with van der Waals surface area (Å²) in [7, 11) is 0. The van der Waals surface area contributed by atoms with E-state index in [0.717, 1.165) is 25.1 Å². The van der Waals surface area contributed by atoms with Crippen molar-refractivity contribution in [1.29, 1.82) is 0 Å². The molecular formula is C19H20N2O3S. The van der Waals surface area contributed by atoms with Crippen LogP contribution in [0.1, 0.15) is 30.2 Å². The van der Waals surface area contributed by atoms with Crippen LogP contribution < -0.4 is 9.64 Å².